The Morgan fingerprint density at radius 2 is 2.20 bits per heavy atom. The van der Waals surface area contributed by atoms with Gasteiger partial charge in [0.1, 0.15) is 5.75 Å². The van der Waals surface area contributed by atoms with Gasteiger partial charge in [0, 0.05) is 13.0 Å². The highest BCUT2D eigenvalue weighted by molar-refractivity contribution is 7.80. The second-order valence-electron chi connectivity index (χ2n) is 3.75. The van der Waals surface area contributed by atoms with Crippen LogP contribution in [0, 0.1) is 5.92 Å². The second-order valence-corrected chi connectivity index (χ2v) is 4.11. The minimum absolute atomic E-state index is 0.0653. The van der Waals surface area contributed by atoms with Crippen LogP contribution >= 0.6 is 12.6 Å². The Bertz CT molecular complexity index is 381. The molecule has 1 amide bonds. The van der Waals surface area contributed by atoms with Gasteiger partial charge in [0.05, 0.1) is 5.69 Å². The maximum atomic E-state index is 11.7. The van der Waals surface area contributed by atoms with Gasteiger partial charge in [-0.1, -0.05) is 12.1 Å². The summed E-state index contributed by atoms with van der Waals surface area (Å²) in [5.74, 6) is 1.22. The predicted octanol–water partition coefficient (Wildman–Crippen LogP) is 1.67. The lowest BCUT2D eigenvalue weighted by atomic mass is 10.1. The highest BCUT2D eigenvalue weighted by Gasteiger charge is 2.30. The Balaban J connectivity index is 2.25. The smallest absolute Gasteiger partial charge is 0.227 e. The summed E-state index contributed by atoms with van der Waals surface area (Å²) in [6.45, 7) is 0.653. The maximum absolute atomic E-state index is 11.7. The molecule has 0 aliphatic carbocycles. The number of amides is 1. The molecule has 3 nitrogen and oxygen atoms in total. The number of benzene rings is 1. The summed E-state index contributed by atoms with van der Waals surface area (Å²) in [6.07, 6.45) is 0.526. The number of rotatable bonds is 2. The molecule has 1 unspecified atom stereocenters. The fourth-order valence-electron chi connectivity index (χ4n) is 1.83. The first kappa shape index (κ1) is 10.4. The molecule has 0 bridgehead atoms. The lowest BCUT2D eigenvalue weighted by Crippen LogP contribution is -2.24. The van der Waals surface area contributed by atoms with E-state index in [-0.39, 0.29) is 11.7 Å². The molecule has 1 atom stereocenters. The molecular formula is C11H13NO2S. The van der Waals surface area contributed by atoms with Gasteiger partial charge in [0.2, 0.25) is 5.91 Å². The molecule has 1 aromatic rings. The van der Waals surface area contributed by atoms with Gasteiger partial charge in [0.25, 0.3) is 0 Å². The molecule has 0 aromatic heterocycles. The summed E-state index contributed by atoms with van der Waals surface area (Å²) >= 11 is 4.19. The molecule has 1 aromatic carbocycles. The van der Waals surface area contributed by atoms with Crippen LogP contribution in [0.5, 0.6) is 5.75 Å². The average molecular weight is 223 g/mol. The van der Waals surface area contributed by atoms with Gasteiger partial charge in [-0.2, -0.15) is 12.6 Å². The summed E-state index contributed by atoms with van der Waals surface area (Å²) < 4.78 is 0. The van der Waals surface area contributed by atoms with Crippen molar-refractivity contribution in [2.75, 3.05) is 17.2 Å². The fraction of sp³-hybridized carbons (Fsp3) is 0.364. The number of nitrogens with zero attached hydrogens (tertiary/aromatic N) is 1. The number of anilines is 1. The number of thiol groups is 1. The van der Waals surface area contributed by atoms with Crippen LogP contribution in [0.3, 0.4) is 0 Å². The normalized spacial score (nSPS) is 21.0. The number of carbonyl (C=O) groups excluding carboxylic acids is 1. The van der Waals surface area contributed by atoms with E-state index in [0.717, 1.165) is 0 Å². The highest BCUT2D eigenvalue weighted by atomic mass is 32.1. The van der Waals surface area contributed by atoms with E-state index in [1.165, 1.54) is 0 Å². The molecule has 0 saturated carbocycles. The third-order valence-electron chi connectivity index (χ3n) is 2.64. The van der Waals surface area contributed by atoms with Crippen molar-refractivity contribution < 1.29 is 9.90 Å². The fourth-order valence-corrected chi connectivity index (χ4v) is 2.07. The minimum Gasteiger partial charge on any atom is -0.506 e. The van der Waals surface area contributed by atoms with Crippen molar-refractivity contribution in [1.82, 2.24) is 0 Å². The molecule has 1 N–H and O–H groups in total. The number of hydrogen-bond donors (Lipinski definition) is 2. The van der Waals surface area contributed by atoms with Crippen LogP contribution in [-0.4, -0.2) is 23.3 Å². The molecule has 1 aliphatic rings. The molecule has 15 heavy (non-hydrogen) atoms. The number of carbonyl (C=O) groups is 1. The van der Waals surface area contributed by atoms with Gasteiger partial charge in [0.15, 0.2) is 0 Å². The second kappa shape index (κ2) is 4.14. The maximum Gasteiger partial charge on any atom is 0.227 e. The van der Waals surface area contributed by atoms with E-state index >= 15 is 0 Å². The van der Waals surface area contributed by atoms with Crippen LogP contribution in [0.25, 0.3) is 0 Å². The van der Waals surface area contributed by atoms with Gasteiger partial charge >= 0.3 is 0 Å². The first-order valence-electron chi connectivity index (χ1n) is 4.91. The van der Waals surface area contributed by atoms with E-state index < -0.39 is 0 Å². The number of phenolic OH excluding ortho intramolecular Hbond substituents is 1. The molecular weight excluding hydrogens is 210 g/mol. The zero-order valence-corrected chi connectivity index (χ0v) is 9.15. The number of para-hydroxylation sites is 2. The SMILES string of the molecule is O=C1CC(CS)CN1c1ccccc1O. The minimum atomic E-state index is 0.0653. The Labute approximate surface area is 94.1 Å². The summed E-state index contributed by atoms with van der Waals surface area (Å²) in [6, 6.07) is 6.91. The molecule has 1 heterocycles. The number of phenols is 1. The van der Waals surface area contributed by atoms with Crippen molar-refractivity contribution in [2.24, 2.45) is 5.92 Å². The summed E-state index contributed by atoms with van der Waals surface area (Å²) in [5, 5.41) is 9.63. The lowest BCUT2D eigenvalue weighted by Gasteiger charge is -2.17. The van der Waals surface area contributed by atoms with E-state index in [4.69, 9.17) is 0 Å². The van der Waals surface area contributed by atoms with Crippen molar-refractivity contribution in [2.45, 2.75) is 6.42 Å². The molecule has 0 spiro atoms. The first-order valence-corrected chi connectivity index (χ1v) is 5.55. The number of hydrogen-bond acceptors (Lipinski definition) is 3. The summed E-state index contributed by atoms with van der Waals surface area (Å²) in [4.78, 5) is 13.3. The van der Waals surface area contributed by atoms with Crippen LogP contribution in [-0.2, 0) is 4.79 Å². The average Bonchev–Trinajstić information content (AvgIpc) is 2.60. The largest absolute Gasteiger partial charge is 0.506 e. The van der Waals surface area contributed by atoms with Gasteiger partial charge in [-0.15, -0.1) is 0 Å². The highest BCUT2D eigenvalue weighted by Crippen LogP contribution is 2.31. The van der Waals surface area contributed by atoms with Gasteiger partial charge in [-0.05, 0) is 23.8 Å². The first-order chi connectivity index (χ1) is 7.22. The number of aromatic hydroxyl groups is 1. The summed E-state index contributed by atoms with van der Waals surface area (Å²) in [5.41, 5.74) is 0.604. The van der Waals surface area contributed by atoms with E-state index in [1.807, 2.05) is 6.07 Å². The van der Waals surface area contributed by atoms with Crippen molar-refractivity contribution in [3.05, 3.63) is 24.3 Å². The van der Waals surface area contributed by atoms with E-state index in [1.54, 1.807) is 23.1 Å². The Hall–Kier alpha value is -1.16. The van der Waals surface area contributed by atoms with Crippen molar-refractivity contribution >= 4 is 24.2 Å². The van der Waals surface area contributed by atoms with Crippen LogP contribution < -0.4 is 4.90 Å². The Morgan fingerprint density at radius 3 is 2.80 bits per heavy atom. The van der Waals surface area contributed by atoms with Gasteiger partial charge in [-0.3, -0.25) is 4.79 Å². The Morgan fingerprint density at radius 1 is 1.47 bits per heavy atom. The van der Waals surface area contributed by atoms with Crippen molar-refractivity contribution in [3.63, 3.8) is 0 Å². The molecule has 1 saturated heterocycles. The van der Waals surface area contributed by atoms with Crippen molar-refractivity contribution in [1.29, 1.82) is 0 Å². The van der Waals surface area contributed by atoms with Crippen LogP contribution in [0.4, 0.5) is 5.69 Å². The van der Waals surface area contributed by atoms with E-state index in [9.17, 15) is 9.90 Å². The molecule has 1 fully saturated rings. The monoisotopic (exact) mass is 223 g/mol. The molecule has 2 rings (SSSR count). The molecule has 1 aliphatic heterocycles. The quantitative estimate of drug-likeness (QED) is 0.749. The third kappa shape index (κ3) is 1.95. The topological polar surface area (TPSA) is 40.5 Å². The zero-order chi connectivity index (χ0) is 10.8. The lowest BCUT2D eigenvalue weighted by molar-refractivity contribution is -0.117. The third-order valence-corrected chi connectivity index (χ3v) is 3.15. The Kier molecular flexibility index (Phi) is 2.86. The standard InChI is InChI=1S/C11H13NO2S/c13-10-4-2-1-3-9(10)12-6-8(7-15)5-11(12)14/h1-4,8,13,15H,5-7H2. The van der Waals surface area contributed by atoms with Gasteiger partial charge in [-0.25, -0.2) is 0 Å². The zero-order valence-electron chi connectivity index (χ0n) is 8.26. The summed E-state index contributed by atoms with van der Waals surface area (Å²) in [7, 11) is 0. The van der Waals surface area contributed by atoms with E-state index in [0.29, 0.717) is 30.3 Å². The van der Waals surface area contributed by atoms with Crippen molar-refractivity contribution in [3.8, 4) is 5.75 Å². The predicted molar refractivity (Wildman–Crippen MR) is 62.4 cm³/mol. The van der Waals surface area contributed by atoms with E-state index in [2.05, 4.69) is 12.6 Å². The molecule has 0 radical (unpaired) electrons. The molecule has 80 valence electrons. The van der Waals surface area contributed by atoms with Crippen LogP contribution in [0.2, 0.25) is 0 Å². The molecule has 4 heteroatoms. The van der Waals surface area contributed by atoms with Crippen LogP contribution in [0.1, 0.15) is 6.42 Å². The van der Waals surface area contributed by atoms with Gasteiger partial charge < -0.3 is 10.0 Å². The van der Waals surface area contributed by atoms with Crippen LogP contribution in [0.15, 0.2) is 24.3 Å².